The van der Waals surface area contributed by atoms with E-state index in [1.165, 1.54) is 12.1 Å². The number of nitrogens with zero attached hydrogens (tertiary/aromatic N) is 1. The number of rotatable bonds is 2. The molecule has 0 aliphatic carbocycles. The van der Waals surface area contributed by atoms with E-state index in [1.807, 2.05) is 0 Å². The highest BCUT2D eigenvalue weighted by molar-refractivity contribution is 5.53. The van der Waals surface area contributed by atoms with Gasteiger partial charge in [-0.15, -0.1) is 0 Å². The third-order valence-electron chi connectivity index (χ3n) is 3.25. The van der Waals surface area contributed by atoms with E-state index < -0.39 is 11.7 Å². The topological polar surface area (TPSA) is 52.4 Å². The molecule has 1 saturated heterocycles. The molecule has 1 aliphatic rings. The van der Waals surface area contributed by atoms with Crippen LogP contribution in [-0.4, -0.2) is 19.1 Å². The van der Waals surface area contributed by atoms with E-state index in [1.54, 1.807) is 6.07 Å². The third-order valence-corrected chi connectivity index (χ3v) is 3.25. The lowest BCUT2D eigenvalue weighted by Gasteiger charge is -2.23. The molecule has 0 spiro atoms. The van der Waals surface area contributed by atoms with Crippen LogP contribution in [0.15, 0.2) is 18.2 Å². The number of quaternary nitrogens is 1. The number of nitrogens with two attached hydrogens (primary N) is 1. The molecule has 1 aromatic carbocycles. The molecule has 19 heavy (non-hydrogen) atoms. The Bertz CT molecular complexity index is 485. The van der Waals surface area contributed by atoms with Crippen molar-refractivity contribution in [2.45, 2.75) is 25.1 Å². The van der Waals surface area contributed by atoms with Crippen LogP contribution in [0.25, 0.3) is 0 Å². The van der Waals surface area contributed by atoms with Crippen LogP contribution in [0.4, 0.5) is 18.9 Å². The first-order chi connectivity index (χ1) is 9.00. The first-order valence-electron chi connectivity index (χ1n) is 6.20. The number of nitriles is 1. The van der Waals surface area contributed by atoms with Crippen molar-refractivity contribution in [1.82, 2.24) is 0 Å². The Hall–Kier alpha value is -1.74. The molecule has 0 amide bonds. The zero-order valence-corrected chi connectivity index (χ0v) is 10.3. The predicted molar refractivity (Wildman–Crippen MR) is 64.5 cm³/mol. The molecule has 0 bridgehead atoms. The fraction of sp³-hybridized carbons (Fsp3) is 0.462. The van der Waals surface area contributed by atoms with Gasteiger partial charge in [0.1, 0.15) is 0 Å². The summed E-state index contributed by atoms with van der Waals surface area (Å²) in [6, 6.07) is 5.57. The number of anilines is 1. The largest absolute Gasteiger partial charge is 0.417 e. The minimum Gasteiger partial charge on any atom is -0.382 e. The summed E-state index contributed by atoms with van der Waals surface area (Å²) in [7, 11) is 0. The van der Waals surface area contributed by atoms with Crippen molar-refractivity contribution in [1.29, 1.82) is 5.26 Å². The number of alkyl halides is 3. The summed E-state index contributed by atoms with van der Waals surface area (Å²) in [5, 5.41) is 14.0. The number of halogens is 3. The van der Waals surface area contributed by atoms with Crippen molar-refractivity contribution >= 4 is 5.69 Å². The zero-order chi connectivity index (χ0) is 13.9. The molecular weight excluding hydrogens is 255 g/mol. The van der Waals surface area contributed by atoms with Gasteiger partial charge in [-0.25, -0.2) is 0 Å². The van der Waals surface area contributed by atoms with Gasteiger partial charge in [0.2, 0.25) is 0 Å². The quantitative estimate of drug-likeness (QED) is 0.859. The fourth-order valence-corrected chi connectivity index (χ4v) is 2.27. The average Bonchev–Trinajstić information content (AvgIpc) is 2.39. The summed E-state index contributed by atoms with van der Waals surface area (Å²) in [6.45, 7) is 1.97. The van der Waals surface area contributed by atoms with Gasteiger partial charge in [-0.3, -0.25) is 0 Å². The van der Waals surface area contributed by atoms with Gasteiger partial charge in [0.15, 0.2) is 0 Å². The highest BCUT2D eigenvalue weighted by Crippen LogP contribution is 2.33. The Morgan fingerprint density at radius 1 is 1.26 bits per heavy atom. The Morgan fingerprint density at radius 3 is 2.53 bits per heavy atom. The van der Waals surface area contributed by atoms with Crippen LogP contribution >= 0.6 is 0 Å². The second kappa shape index (κ2) is 5.49. The molecule has 0 unspecified atom stereocenters. The third kappa shape index (κ3) is 3.38. The second-order valence-electron chi connectivity index (χ2n) is 4.65. The van der Waals surface area contributed by atoms with Gasteiger partial charge >= 0.3 is 6.18 Å². The summed E-state index contributed by atoms with van der Waals surface area (Å²) in [6.07, 6.45) is -2.63. The van der Waals surface area contributed by atoms with Crippen LogP contribution in [0.3, 0.4) is 0 Å². The van der Waals surface area contributed by atoms with Crippen LogP contribution in [-0.2, 0) is 6.18 Å². The van der Waals surface area contributed by atoms with E-state index in [0.29, 0.717) is 5.69 Å². The van der Waals surface area contributed by atoms with E-state index in [4.69, 9.17) is 5.26 Å². The first-order valence-corrected chi connectivity index (χ1v) is 6.20. The summed E-state index contributed by atoms with van der Waals surface area (Å²) in [5.74, 6) is 0. The van der Waals surface area contributed by atoms with Crippen molar-refractivity contribution in [3.63, 3.8) is 0 Å². The fourth-order valence-electron chi connectivity index (χ4n) is 2.27. The van der Waals surface area contributed by atoms with Crippen molar-refractivity contribution in [3.05, 3.63) is 29.3 Å². The van der Waals surface area contributed by atoms with E-state index in [9.17, 15) is 13.2 Å². The van der Waals surface area contributed by atoms with Crippen LogP contribution in [0, 0.1) is 11.3 Å². The van der Waals surface area contributed by atoms with Crippen molar-refractivity contribution < 1.29 is 18.5 Å². The molecule has 3 nitrogen and oxygen atoms in total. The highest BCUT2D eigenvalue weighted by atomic mass is 19.4. The monoisotopic (exact) mass is 270 g/mol. The van der Waals surface area contributed by atoms with Crippen molar-refractivity contribution in [2.75, 3.05) is 18.4 Å². The molecule has 0 atom stereocenters. The van der Waals surface area contributed by atoms with E-state index in [2.05, 4.69) is 10.6 Å². The maximum atomic E-state index is 12.8. The van der Waals surface area contributed by atoms with Crippen LogP contribution < -0.4 is 10.6 Å². The molecule has 2 rings (SSSR count). The molecule has 0 aromatic heterocycles. The smallest absolute Gasteiger partial charge is 0.382 e. The van der Waals surface area contributed by atoms with E-state index in [0.717, 1.165) is 32.0 Å². The van der Waals surface area contributed by atoms with Crippen LogP contribution in [0.2, 0.25) is 0 Å². The first kappa shape index (κ1) is 13.7. The molecule has 6 heteroatoms. The molecule has 0 radical (unpaired) electrons. The summed E-state index contributed by atoms with van der Waals surface area (Å²) in [4.78, 5) is 0. The van der Waals surface area contributed by atoms with Gasteiger partial charge < -0.3 is 10.6 Å². The Kier molecular flexibility index (Phi) is 3.96. The number of hydrogen-bond acceptors (Lipinski definition) is 2. The molecular formula is C13H15F3N3+. The number of nitrogens with one attached hydrogen (secondary N) is 1. The van der Waals surface area contributed by atoms with Gasteiger partial charge in [-0.1, -0.05) is 0 Å². The average molecular weight is 270 g/mol. The molecule has 3 N–H and O–H groups in total. The minimum atomic E-state index is -4.50. The van der Waals surface area contributed by atoms with Gasteiger partial charge in [0.25, 0.3) is 0 Å². The Balaban J connectivity index is 2.20. The maximum absolute atomic E-state index is 12.8. The van der Waals surface area contributed by atoms with Crippen LogP contribution in [0.1, 0.15) is 24.0 Å². The Labute approximate surface area is 109 Å². The zero-order valence-electron chi connectivity index (χ0n) is 10.3. The molecule has 1 fully saturated rings. The number of piperidine rings is 1. The van der Waals surface area contributed by atoms with E-state index >= 15 is 0 Å². The summed E-state index contributed by atoms with van der Waals surface area (Å²) >= 11 is 0. The van der Waals surface area contributed by atoms with Crippen molar-refractivity contribution in [3.8, 4) is 6.07 Å². The molecule has 1 aromatic rings. The highest BCUT2D eigenvalue weighted by Gasteiger charge is 2.34. The summed E-state index contributed by atoms with van der Waals surface area (Å²) < 4.78 is 38.4. The number of benzene rings is 1. The minimum absolute atomic E-state index is 0.207. The maximum Gasteiger partial charge on any atom is 0.417 e. The lowest BCUT2D eigenvalue weighted by Crippen LogP contribution is -2.87. The Morgan fingerprint density at radius 2 is 1.95 bits per heavy atom. The molecule has 1 aliphatic heterocycles. The van der Waals surface area contributed by atoms with E-state index in [-0.39, 0.29) is 11.6 Å². The second-order valence-corrected chi connectivity index (χ2v) is 4.65. The normalized spacial score (nSPS) is 16.9. The molecule has 0 saturated carbocycles. The van der Waals surface area contributed by atoms with Crippen molar-refractivity contribution in [2.24, 2.45) is 0 Å². The predicted octanol–water partition coefficient (Wildman–Crippen LogP) is 1.71. The van der Waals surface area contributed by atoms with Crippen LogP contribution in [0.5, 0.6) is 0 Å². The lowest BCUT2D eigenvalue weighted by atomic mass is 10.0. The SMILES string of the molecule is N#Cc1ccc(NC2CC[NH2+]CC2)cc1C(F)(F)F. The summed E-state index contributed by atoms with van der Waals surface area (Å²) in [5.41, 5.74) is -0.782. The van der Waals surface area contributed by atoms with Gasteiger partial charge in [-0.05, 0) is 18.2 Å². The van der Waals surface area contributed by atoms with Gasteiger partial charge in [0, 0.05) is 24.6 Å². The standard InChI is InChI=1S/C13H14F3N3/c14-13(15,16)12-7-11(2-1-9(12)8-17)19-10-3-5-18-6-4-10/h1-2,7,10,18-19H,3-6H2/p+1. The van der Waals surface area contributed by atoms with Gasteiger partial charge in [0.05, 0.1) is 30.3 Å². The molecule has 102 valence electrons. The lowest BCUT2D eigenvalue weighted by molar-refractivity contribution is -0.662. The number of hydrogen-bond donors (Lipinski definition) is 2. The molecule has 1 heterocycles. The van der Waals surface area contributed by atoms with Gasteiger partial charge in [-0.2, -0.15) is 18.4 Å².